The first-order valence-corrected chi connectivity index (χ1v) is 12.9. The number of ether oxygens (including phenoxy) is 1. The van der Waals surface area contributed by atoms with Gasteiger partial charge in [-0.05, 0) is 30.5 Å². The second-order valence-electron chi connectivity index (χ2n) is 9.52. The van der Waals surface area contributed by atoms with E-state index >= 15 is 0 Å². The zero-order valence-electron chi connectivity index (χ0n) is 21.9. The number of methoxy groups -OCH3 is 1. The standard InChI is InChI=1S/C30H31ClN6O/c1-20-14-33-25(21(2)27(20)38-3)19-37-18-24(26-28(31)34-30(32)35-29(26)37)17-36(15-22-10-6-4-7-11-22)16-23-12-8-5-9-13-23/h4-14,18H,15-17,19H2,1-3H3,(H2,32,34,35). The molecule has 0 spiro atoms. The zero-order chi connectivity index (χ0) is 26.6. The van der Waals surface area contributed by atoms with E-state index in [1.165, 1.54) is 11.1 Å². The van der Waals surface area contributed by atoms with Gasteiger partial charge in [-0.25, -0.2) is 4.98 Å². The van der Waals surface area contributed by atoms with Crippen LogP contribution >= 0.6 is 11.6 Å². The average Bonchev–Trinajstić information content (AvgIpc) is 3.24. The van der Waals surface area contributed by atoms with Gasteiger partial charge >= 0.3 is 0 Å². The van der Waals surface area contributed by atoms with Gasteiger partial charge < -0.3 is 15.0 Å². The molecular weight excluding hydrogens is 496 g/mol. The number of nitrogens with two attached hydrogens (primary N) is 1. The van der Waals surface area contributed by atoms with Crippen molar-refractivity contribution >= 4 is 28.6 Å². The van der Waals surface area contributed by atoms with Crippen LogP contribution in [0.5, 0.6) is 5.75 Å². The number of anilines is 1. The molecule has 38 heavy (non-hydrogen) atoms. The third-order valence-electron chi connectivity index (χ3n) is 6.73. The molecule has 5 rings (SSSR count). The number of nitrogen functional groups attached to an aromatic ring is 1. The van der Waals surface area contributed by atoms with E-state index in [1.807, 2.05) is 32.2 Å². The molecule has 0 saturated heterocycles. The van der Waals surface area contributed by atoms with Crippen LogP contribution in [-0.2, 0) is 26.2 Å². The van der Waals surface area contributed by atoms with Gasteiger partial charge in [0, 0.05) is 43.2 Å². The lowest BCUT2D eigenvalue weighted by Crippen LogP contribution is -2.22. The molecule has 0 amide bonds. The van der Waals surface area contributed by atoms with Crippen LogP contribution in [0.15, 0.2) is 73.1 Å². The van der Waals surface area contributed by atoms with Crippen molar-refractivity contribution in [1.29, 1.82) is 0 Å². The number of fused-ring (bicyclic) bond motifs is 1. The molecule has 0 unspecified atom stereocenters. The minimum absolute atomic E-state index is 0.144. The lowest BCUT2D eigenvalue weighted by molar-refractivity contribution is 0.248. The largest absolute Gasteiger partial charge is 0.496 e. The molecule has 0 bridgehead atoms. The minimum atomic E-state index is 0.144. The molecule has 8 heteroatoms. The van der Waals surface area contributed by atoms with Crippen LogP contribution in [0.25, 0.3) is 11.0 Å². The highest BCUT2D eigenvalue weighted by Crippen LogP contribution is 2.31. The molecule has 0 aliphatic rings. The van der Waals surface area contributed by atoms with Crippen molar-refractivity contribution < 1.29 is 4.74 Å². The van der Waals surface area contributed by atoms with Crippen molar-refractivity contribution in [2.24, 2.45) is 0 Å². The first-order chi connectivity index (χ1) is 18.4. The summed E-state index contributed by atoms with van der Waals surface area (Å²) in [5, 5.41) is 1.16. The predicted octanol–water partition coefficient (Wildman–Crippen LogP) is 5.94. The summed E-state index contributed by atoms with van der Waals surface area (Å²) in [5.41, 5.74) is 13.1. The van der Waals surface area contributed by atoms with Crippen LogP contribution in [0.1, 0.15) is 33.5 Å². The minimum Gasteiger partial charge on any atom is -0.496 e. The Labute approximate surface area is 227 Å². The van der Waals surface area contributed by atoms with Crippen molar-refractivity contribution in [1.82, 2.24) is 24.4 Å². The maximum Gasteiger partial charge on any atom is 0.223 e. The van der Waals surface area contributed by atoms with Crippen LogP contribution in [0.3, 0.4) is 0 Å². The molecule has 2 N–H and O–H groups in total. The highest BCUT2D eigenvalue weighted by atomic mass is 35.5. The Morgan fingerprint density at radius 1 is 0.921 bits per heavy atom. The van der Waals surface area contributed by atoms with E-state index < -0.39 is 0 Å². The topological polar surface area (TPSA) is 82.1 Å². The fourth-order valence-corrected chi connectivity index (χ4v) is 5.25. The Bertz CT molecular complexity index is 1510. The van der Waals surface area contributed by atoms with E-state index in [1.54, 1.807) is 7.11 Å². The molecule has 3 aromatic heterocycles. The molecule has 194 valence electrons. The van der Waals surface area contributed by atoms with Crippen molar-refractivity contribution in [2.45, 2.75) is 40.0 Å². The molecular formula is C30H31ClN6O. The van der Waals surface area contributed by atoms with Gasteiger partial charge in [-0.15, -0.1) is 0 Å². The van der Waals surface area contributed by atoms with Gasteiger partial charge in [-0.1, -0.05) is 72.3 Å². The van der Waals surface area contributed by atoms with Gasteiger partial charge in [0.15, 0.2) is 0 Å². The second-order valence-corrected chi connectivity index (χ2v) is 9.87. The third kappa shape index (κ3) is 5.49. The highest BCUT2D eigenvalue weighted by Gasteiger charge is 2.20. The number of rotatable bonds is 9. The van der Waals surface area contributed by atoms with Gasteiger partial charge in [0.1, 0.15) is 16.5 Å². The van der Waals surface area contributed by atoms with Crippen LogP contribution < -0.4 is 10.5 Å². The smallest absolute Gasteiger partial charge is 0.223 e. The van der Waals surface area contributed by atoms with Gasteiger partial charge in [0.25, 0.3) is 0 Å². The maximum absolute atomic E-state index is 6.69. The molecule has 0 aliphatic carbocycles. The van der Waals surface area contributed by atoms with E-state index in [9.17, 15) is 0 Å². The highest BCUT2D eigenvalue weighted by molar-refractivity contribution is 6.34. The van der Waals surface area contributed by atoms with Crippen LogP contribution in [-0.4, -0.2) is 31.5 Å². The molecule has 5 aromatic rings. The Balaban J connectivity index is 1.55. The van der Waals surface area contributed by atoms with Gasteiger partial charge in [0.2, 0.25) is 5.95 Å². The van der Waals surface area contributed by atoms with Crippen LogP contribution in [0.4, 0.5) is 5.95 Å². The maximum atomic E-state index is 6.69. The SMILES string of the molecule is COc1c(C)cnc(Cn2cc(CN(Cc3ccccc3)Cc3ccccc3)c3c(Cl)nc(N)nc32)c1C. The number of nitrogens with zero attached hydrogens (tertiary/aromatic N) is 5. The Hall–Kier alpha value is -3.94. The van der Waals surface area contributed by atoms with E-state index in [0.29, 0.717) is 23.9 Å². The summed E-state index contributed by atoms with van der Waals surface area (Å²) in [6, 6.07) is 21.0. The van der Waals surface area contributed by atoms with Gasteiger partial charge in [-0.2, -0.15) is 4.98 Å². The summed E-state index contributed by atoms with van der Waals surface area (Å²) in [5.74, 6) is 0.987. The summed E-state index contributed by atoms with van der Waals surface area (Å²) >= 11 is 6.69. The normalized spacial score (nSPS) is 11.4. The van der Waals surface area contributed by atoms with Crippen molar-refractivity contribution in [2.75, 3.05) is 12.8 Å². The molecule has 0 saturated carbocycles. The Morgan fingerprint density at radius 3 is 2.16 bits per heavy atom. The first kappa shape index (κ1) is 25.7. The number of hydrogen-bond acceptors (Lipinski definition) is 6. The van der Waals surface area contributed by atoms with E-state index in [-0.39, 0.29) is 5.95 Å². The van der Waals surface area contributed by atoms with Crippen LogP contribution in [0.2, 0.25) is 5.15 Å². The number of halogens is 1. The van der Waals surface area contributed by atoms with Gasteiger partial charge in [0.05, 0.1) is 24.7 Å². The molecule has 3 heterocycles. The van der Waals surface area contributed by atoms with E-state index in [4.69, 9.17) is 27.1 Å². The summed E-state index contributed by atoms with van der Waals surface area (Å²) in [6.07, 6.45) is 3.94. The number of hydrogen-bond donors (Lipinski definition) is 1. The molecule has 0 aliphatic heterocycles. The average molecular weight is 527 g/mol. The van der Waals surface area contributed by atoms with E-state index in [2.05, 4.69) is 74.2 Å². The third-order valence-corrected chi connectivity index (χ3v) is 7.00. The summed E-state index contributed by atoms with van der Waals surface area (Å²) in [6.45, 7) is 6.75. The summed E-state index contributed by atoms with van der Waals surface area (Å²) in [4.78, 5) is 16.0. The van der Waals surface area contributed by atoms with Crippen LogP contribution in [0, 0.1) is 13.8 Å². The summed E-state index contributed by atoms with van der Waals surface area (Å²) < 4.78 is 7.69. The number of pyridine rings is 1. The Morgan fingerprint density at radius 2 is 1.55 bits per heavy atom. The van der Waals surface area contributed by atoms with E-state index in [0.717, 1.165) is 46.6 Å². The lowest BCUT2D eigenvalue weighted by atomic mass is 10.1. The fraction of sp³-hybridized carbons (Fsp3) is 0.233. The zero-order valence-corrected chi connectivity index (χ0v) is 22.6. The molecule has 7 nitrogen and oxygen atoms in total. The lowest BCUT2D eigenvalue weighted by Gasteiger charge is -2.22. The molecule has 0 fully saturated rings. The predicted molar refractivity (Wildman–Crippen MR) is 152 cm³/mol. The second kappa shape index (κ2) is 11.2. The molecule has 0 atom stereocenters. The number of benzene rings is 2. The van der Waals surface area contributed by atoms with Gasteiger partial charge in [-0.3, -0.25) is 9.88 Å². The number of aromatic nitrogens is 4. The number of aryl methyl sites for hydroxylation is 1. The van der Waals surface area contributed by atoms with Crippen molar-refractivity contribution in [3.05, 3.63) is 112 Å². The van der Waals surface area contributed by atoms with Crippen molar-refractivity contribution in [3.8, 4) is 5.75 Å². The fourth-order valence-electron chi connectivity index (χ4n) is 4.96. The summed E-state index contributed by atoms with van der Waals surface area (Å²) in [7, 11) is 1.68. The first-order valence-electron chi connectivity index (χ1n) is 12.5. The Kier molecular flexibility index (Phi) is 7.58. The van der Waals surface area contributed by atoms with Crippen molar-refractivity contribution in [3.63, 3.8) is 0 Å². The molecule has 2 aromatic carbocycles. The quantitative estimate of drug-likeness (QED) is 0.239. The molecule has 0 radical (unpaired) electrons. The monoisotopic (exact) mass is 526 g/mol.